The lowest BCUT2D eigenvalue weighted by atomic mass is 9.96. The molecule has 0 aliphatic carbocycles. The van der Waals surface area contributed by atoms with Crippen LogP contribution in [-0.2, 0) is 28.7 Å². The van der Waals surface area contributed by atoms with E-state index in [1.807, 2.05) is 30.3 Å². The van der Waals surface area contributed by atoms with Gasteiger partial charge in [-0.05, 0) is 61.9 Å². The molecule has 0 spiro atoms. The summed E-state index contributed by atoms with van der Waals surface area (Å²) in [7, 11) is 0. The number of thiophene rings is 1. The molecule has 1 atom stereocenters. The molecule has 1 unspecified atom stereocenters. The van der Waals surface area contributed by atoms with Crippen molar-refractivity contribution in [3.63, 3.8) is 0 Å². The Morgan fingerprint density at radius 2 is 1.68 bits per heavy atom. The number of benzene rings is 2. The van der Waals surface area contributed by atoms with Crippen LogP contribution in [0.2, 0.25) is 0 Å². The fourth-order valence-electron chi connectivity index (χ4n) is 3.64. The Bertz CT molecular complexity index is 1360. The van der Waals surface area contributed by atoms with Crippen molar-refractivity contribution >= 4 is 17.3 Å². The van der Waals surface area contributed by atoms with Crippen molar-refractivity contribution in [3.8, 4) is 22.2 Å². The van der Waals surface area contributed by atoms with Gasteiger partial charge >= 0.3 is 12.1 Å². The molecular weight excluding hydrogens is 517 g/mol. The lowest BCUT2D eigenvalue weighted by Gasteiger charge is -2.28. The molecule has 10 heteroatoms. The monoisotopic (exact) mass is 542 g/mol. The van der Waals surface area contributed by atoms with Gasteiger partial charge in [0, 0.05) is 17.5 Å². The number of esters is 1. The summed E-state index contributed by atoms with van der Waals surface area (Å²) in [4.78, 5) is 21.6. The Hall–Kier alpha value is -3.92. The van der Waals surface area contributed by atoms with Gasteiger partial charge in [-0.2, -0.15) is 13.2 Å². The van der Waals surface area contributed by atoms with E-state index in [1.54, 1.807) is 50.2 Å². The van der Waals surface area contributed by atoms with Crippen molar-refractivity contribution in [2.45, 2.75) is 38.7 Å². The van der Waals surface area contributed by atoms with Crippen LogP contribution >= 0.6 is 11.3 Å². The van der Waals surface area contributed by atoms with E-state index in [0.717, 1.165) is 22.7 Å². The molecule has 198 valence electrons. The standard InChI is InChI=1S/C28H25F3N2O4S/c1-3-35-26(34)27(2,37-21-7-5-4-6-8-21)17-19-9-11-20(12-10-19)36-18-22-13-14-23(38-22)25-32-16-15-24(33-25)28(29,30)31/h4-16H,3,17-18H2,1-2H3. The summed E-state index contributed by atoms with van der Waals surface area (Å²) >= 11 is 1.26. The van der Waals surface area contributed by atoms with E-state index in [9.17, 15) is 18.0 Å². The third kappa shape index (κ3) is 6.89. The minimum Gasteiger partial charge on any atom is -0.488 e. The van der Waals surface area contributed by atoms with Crippen LogP contribution < -0.4 is 9.47 Å². The first-order valence-corrected chi connectivity index (χ1v) is 12.6. The molecule has 0 saturated carbocycles. The molecule has 0 aliphatic rings. The molecule has 2 aromatic heterocycles. The predicted octanol–water partition coefficient (Wildman–Crippen LogP) is 6.75. The summed E-state index contributed by atoms with van der Waals surface area (Å²) in [6.45, 7) is 3.91. The number of aromatic nitrogens is 2. The first kappa shape index (κ1) is 27.1. The number of alkyl halides is 3. The van der Waals surface area contributed by atoms with Crippen LogP contribution in [0.1, 0.15) is 30.0 Å². The normalized spacial score (nSPS) is 13.0. The number of halogens is 3. The Morgan fingerprint density at radius 1 is 0.947 bits per heavy atom. The van der Waals surface area contributed by atoms with Crippen molar-refractivity contribution in [1.82, 2.24) is 9.97 Å². The van der Waals surface area contributed by atoms with E-state index < -0.39 is 23.4 Å². The SMILES string of the molecule is CCOC(=O)C(C)(Cc1ccc(OCc2ccc(-c3nccc(C(F)(F)F)n3)s2)cc1)Oc1ccccc1. The molecule has 0 amide bonds. The van der Waals surface area contributed by atoms with Crippen LogP contribution in [0.25, 0.3) is 10.7 Å². The van der Waals surface area contributed by atoms with Crippen molar-refractivity contribution in [2.24, 2.45) is 0 Å². The minimum atomic E-state index is -4.53. The molecular formula is C28H25F3N2O4S. The van der Waals surface area contributed by atoms with E-state index in [4.69, 9.17) is 14.2 Å². The molecule has 4 aromatic rings. The zero-order valence-electron chi connectivity index (χ0n) is 20.7. The lowest BCUT2D eigenvalue weighted by molar-refractivity contribution is -0.160. The van der Waals surface area contributed by atoms with Gasteiger partial charge in [-0.1, -0.05) is 30.3 Å². The second kappa shape index (κ2) is 11.6. The number of hydrogen-bond acceptors (Lipinski definition) is 7. The first-order chi connectivity index (χ1) is 18.2. The molecule has 0 saturated heterocycles. The van der Waals surface area contributed by atoms with Crippen molar-refractivity contribution in [3.05, 3.63) is 95.1 Å². The summed E-state index contributed by atoms with van der Waals surface area (Å²) < 4.78 is 56.0. The second-order valence-electron chi connectivity index (χ2n) is 8.51. The average Bonchev–Trinajstić information content (AvgIpc) is 3.38. The third-order valence-corrected chi connectivity index (χ3v) is 6.52. The number of carbonyl (C=O) groups is 1. The summed E-state index contributed by atoms with van der Waals surface area (Å²) in [5, 5.41) is 0. The molecule has 0 bridgehead atoms. The maximum absolute atomic E-state index is 13.0. The molecule has 0 fully saturated rings. The van der Waals surface area contributed by atoms with Gasteiger partial charge in [-0.25, -0.2) is 14.8 Å². The summed E-state index contributed by atoms with van der Waals surface area (Å²) in [5.74, 6) is 0.722. The smallest absolute Gasteiger partial charge is 0.433 e. The molecule has 2 heterocycles. The summed E-state index contributed by atoms with van der Waals surface area (Å²) in [6.07, 6.45) is -3.15. The van der Waals surface area contributed by atoms with Crippen LogP contribution in [-0.4, -0.2) is 28.1 Å². The van der Waals surface area contributed by atoms with Gasteiger partial charge in [-0.15, -0.1) is 11.3 Å². The molecule has 4 rings (SSSR count). The van der Waals surface area contributed by atoms with Crippen LogP contribution in [0.15, 0.2) is 79.0 Å². The van der Waals surface area contributed by atoms with Crippen LogP contribution in [0.5, 0.6) is 11.5 Å². The summed E-state index contributed by atoms with van der Waals surface area (Å²) in [5.41, 5.74) is -1.36. The van der Waals surface area contributed by atoms with E-state index in [2.05, 4.69) is 9.97 Å². The quantitative estimate of drug-likeness (QED) is 0.207. The maximum Gasteiger partial charge on any atom is 0.433 e. The maximum atomic E-state index is 13.0. The minimum absolute atomic E-state index is 0.0165. The van der Waals surface area contributed by atoms with Gasteiger partial charge in [0.2, 0.25) is 5.60 Å². The highest BCUT2D eigenvalue weighted by Crippen LogP contribution is 2.31. The molecule has 0 N–H and O–H groups in total. The lowest BCUT2D eigenvalue weighted by Crippen LogP contribution is -2.45. The highest BCUT2D eigenvalue weighted by atomic mass is 32.1. The zero-order valence-corrected chi connectivity index (χ0v) is 21.5. The molecule has 38 heavy (non-hydrogen) atoms. The Balaban J connectivity index is 1.40. The van der Waals surface area contributed by atoms with Crippen molar-refractivity contribution in [2.75, 3.05) is 6.61 Å². The molecule has 6 nitrogen and oxygen atoms in total. The van der Waals surface area contributed by atoms with Gasteiger partial charge in [0.25, 0.3) is 0 Å². The Kier molecular flexibility index (Phi) is 8.31. The van der Waals surface area contributed by atoms with E-state index in [-0.39, 0.29) is 25.5 Å². The second-order valence-corrected chi connectivity index (χ2v) is 9.67. The Morgan fingerprint density at radius 3 is 2.37 bits per heavy atom. The average molecular weight is 543 g/mol. The number of para-hydroxylation sites is 1. The summed E-state index contributed by atoms with van der Waals surface area (Å²) in [6, 6.07) is 20.6. The Labute approximate surface area is 222 Å². The number of rotatable bonds is 10. The fraction of sp³-hybridized carbons (Fsp3) is 0.250. The van der Waals surface area contributed by atoms with Crippen LogP contribution in [0, 0.1) is 0 Å². The van der Waals surface area contributed by atoms with Gasteiger partial charge < -0.3 is 14.2 Å². The van der Waals surface area contributed by atoms with E-state index in [1.165, 1.54) is 11.3 Å². The zero-order chi connectivity index (χ0) is 27.2. The van der Waals surface area contributed by atoms with Gasteiger partial charge in [0.1, 0.15) is 23.8 Å². The van der Waals surface area contributed by atoms with Crippen LogP contribution in [0.4, 0.5) is 13.2 Å². The van der Waals surface area contributed by atoms with Gasteiger partial charge in [0.05, 0.1) is 11.5 Å². The third-order valence-electron chi connectivity index (χ3n) is 5.47. The number of nitrogens with zero attached hydrogens (tertiary/aromatic N) is 2. The number of carbonyl (C=O) groups excluding carboxylic acids is 1. The van der Waals surface area contributed by atoms with Crippen molar-refractivity contribution in [1.29, 1.82) is 0 Å². The predicted molar refractivity (Wildman–Crippen MR) is 137 cm³/mol. The molecule has 2 aromatic carbocycles. The van der Waals surface area contributed by atoms with Crippen LogP contribution in [0.3, 0.4) is 0 Å². The molecule has 0 aliphatic heterocycles. The fourth-order valence-corrected chi connectivity index (χ4v) is 4.50. The highest BCUT2D eigenvalue weighted by molar-refractivity contribution is 7.15. The van der Waals surface area contributed by atoms with Crippen molar-refractivity contribution < 1.29 is 32.2 Å². The van der Waals surface area contributed by atoms with E-state index >= 15 is 0 Å². The topological polar surface area (TPSA) is 70.5 Å². The van der Waals surface area contributed by atoms with E-state index in [0.29, 0.717) is 16.4 Å². The number of ether oxygens (including phenoxy) is 3. The highest BCUT2D eigenvalue weighted by Gasteiger charge is 2.38. The van der Waals surface area contributed by atoms with Gasteiger partial charge in [0.15, 0.2) is 5.82 Å². The largest absolute Gasteiger partial charge is 0.488 e. The first-order valence-electron chi connectivity index (χ1n) is 11.8. The van der Waals surface area contributed by atoms with Gasteiger partial charge in [-0.3, -0.25) is 0 Å². The molecule has 0 radical (unpaired) electrons. The number of hydrogen-bond donors (Lipinski definition) is 0.